The summed E-state index contributed by atoms with van der Waals surface area (Å²) in [6.07, 6.45) is 15.0. The molecule has 6 heteroatoms. The van der Waals surface area contributed by atoms with Crippen LogP contribution in [0.25, 0.3) is 38.5 Å². The van der Waals surface area contributed by atoms with Crippen LogP contribution < -0.4 is 9.30 Å². The number of aromatic nitrogens is 3. The maximum atomic E-state index is 6.31. The second-order valence-electron chi connectivity index (χ2n) is 9.00. The Morgan fingerprint density at radius 3 is 2.46 bits per heavy atom. The first-order chi connectivity index (χ1) is 18.8. The van der Waals surface area contributed by atoms with Crippen LogP contribution in [0, 0.1) is 18.5 Å². The number of aryl methyl sites for hydroxylation is 1. The van der Waals surface area contributed by atoms with Crippen molar-refractivity contribution in [1.82, 2.24) is 9.13 Å². The molecule has 0 aliphatic carbocycles. The van der Waals surface area contributed by atoms with Crippen LogP contribution in [0.3, 0.4) is 0 Å². The molecule has 0 amide bonds. The Hall–Kier alpha value is -4.47. The van der Waals surface area contributed by atoms with Gasteiger partial charge in [0.05, 0.1) is 18.1 Å². The molecule has 0 radical (unpaired) electrons. The van der Waals surface area contributed by atoms with Crippen molar-refractivity contribution in [2.45, 2.75) is 0 Å². The average Bonchev–Trinajstić information content (AvgIpc) is 3.44. The number of imidazole rings is 1. The van der Waals surface area contributed by atoms with Gasteiger partial charge in [0.2, 0.25) is 6.33 Å². The Labute approximate surface area is 240 Å². The van der Waals surface area contributed by atoms with Crippen molar-refractivity contribution in [3.05, 3.63) is 134 Å². The van der Waals surface area contributed by atoms with Gasteiger partial charge in [-0.3, -0.25) is 0 Å². The number of hydrogen-bond acceptors (Lipinski definition) is 2. The van der Waals surface area contributed by atoms with Crippen LogP contribution in [0.2, 0.25) is 0 Å². The summed E-state index contributed by atoms with van der Waals surface area (Å²) in [7, 11) is 1.99. The molecule has 1 aliphatic heterocycles. The molecule has 0 saturated heterocycles. The van der Waals surface area contributed by atoms with Crippen molar-refractivity contribution in [3.63, 3.8) is 0 Å². The van der Waals surface area contributed by atoms with Gasteiger partial charge < -0.3 is 18.4 Å². The van der Waals surface area contributed by atoms with Crippen LogP contribution in [0.15, 0.2) is 120 Å². The fraction of sp³-hybridized carbons (Fsp3) is 0.0303. The van der Waals surface area contributed by atoms with Crippen molar-refractivity contribution >= 4 is 38.7 Å². The summed E-state index contributed by atoms with van der Waals surface area (Å²) >= 11 is 0. The Kier molecular flexibility index (Phi) is 6.60. The Morgan fingerprint density at radius 1 is 0.744 bits per heavy atom. The molecular formula is C33H22N4OPt-2. The van der Waals surface area contributed by atoms with E-state index < -0.39 is 0 Å². The second-order valence-corrected chi connectivity index (χ2v) is 9.00. The molecule has 0 fully saturated rings. The number of hydrogen-bond donors (Lipinski definition) is 0. The molecule has 6 aromatic rings. The van der Waals surface area contributed by atoms with Gasteiger partial charge in [0, 0.05) is 44.3 Å². The van der Waals surface area contributed by atoms with Gasteiger partial charge >= 0.3 is 0 Å². The van der Waals surface area contributed by atoms with Gasteiger partial charge in [-0.1, -0.05) is 71.9 Å². The predicted octanol–water partition coefficient (Wildman–Crippen LogP) is 6.64. The molecule has 0 N–H and O–H groups in total. The molecule has 0 saturated carbocycles. The van der Waals surface area contributed by atoms with Crippen LogP contribution in [0.5, 0.6) is 11.5 Å². The van der Waals surface area contributed by atoms with Crippen LogP contribution in [-0.2, 0) is 28.1 Å². The third-order valence-electron chi connectivity index (χ3n) is 6.61. The van der Waals surface area contributed by atoms with Crippen LogP contribution in [-0.4, -0.2) is 15.0 Å². The van der Waals surface area contributed by atoms with Crippen molar-refractivity contribution in [2.75, 3.05) is 0 Å². The third kappa shape index (κ3) is 4.45. The molecule has 39 heavy (non-hydrogen) atoms. The van der Waals surface area contributed by atoms with Crippen molar-refractivity contribution in [3.8, 4) is 17.2 Å². The maximum absolute atomic E-state index is 6.31. The van der Waals surface area contributed by atoms with Crippen LogP contribution in [0.4, 0.5) is 0 Å². The van der Waals surface area contributed by atoms with Gasteiger partial charge in [-0.15, -0.1) is 29.7 Å². The third-order valence-corrected chi connectivity index (χ3v) is 6.61. The number of allylic oxidation sites excluding steroid dienone is 5. The minimum absolute atomic E-state index is 0. The summed E-state index contributed by atoms with van der Waals surface area (Å²) in [5, 5.41) is 2.23. The molecule has 0 atom stereocenters. The van der Waals surface area contributed by atoms with Crippen molar-refractivity contribution < 1.29 is 30.4 Å². The van der Waals surface area contributed by atoms with E-state index >= 15 is 0 Å². The smallest absolute Gasteiger partial charge is 0.242 e. The zero-order valence-electron chi connectivity index (χ0n) is 21.0. The first-order valence-corrected chi connectivity index (χ1v) is 12.4. The van der Waals surface area contributed by atoms with E-state index in [0.29, 0.717) is 11.5 Å². The number of nitrogens with zero attached hydrogens (tertiary/aromatic N) is 4. The zero-order valence-corrected chi connectivity index (χ0v) is 23.3. The van der Waals surface area contributed by atoms with Gasteiger partial charge in [-0.2, -0.15) is 18.2 Å². The number of benzene rings is 4. The molecular weight excluding hydrogens is 663 g/mol. The minimum atomic E-state index is 0. The monoisotopic (exact) mass is 685 g/mol. The number of para-hydroxylation sites is 3. The average molecular weight is 686 g/mol. The Morgan fingerprint density at radius 2 is 1.54 bits per heavy atom. The normalized spacial score (nSPS) is 16.7. The number of ether oxygens (including phenoxy) is 1. The molecule has 0 bridgehead atoms. The number of rotatable bonds is 3. The minimum Gasteiger partial charge on any atom is -0.510 e. The topological polar surface area (TPSA) is 35.3 Å². The van der Waals surface area contributed by atoms with E-state index in [1.807, 2.05) is 89.0 Å². The van der Waals surface area contributed by atoms with Crippen LogP contribution >= 0.6 is 0 Å². The summed E-state index contributed by atoms with van der Waals surface area (Å²) in [6.45, 7) is 0. The predicted molar refractivity (Wildman–Crippen MR) is 151 cm³/mol. The first kappa shape index (κ1) is 24.8. The van der Waals surface area contributed by atoms with Crippen molar-refractivity contribution in [2.24, 2.45) is 12.0 Å². The zero-order chi connectivity index (χ0) is 25.5. The van der Waals surface area contributed by atoms with Gasteiger partial charge in [-0.25, -0.2) is 4.99 Å². The van der Waals surface area contributed by atoms with Crippen molar-refractivity contribution in [1.29, 1.82) is 0 Å². The summed E-state index contributed by atoms with van der Waals surface area (Å²) in [5.41, 5.74) is 4.96. The molecule has 7 rings (SSSR count). The molecule has 192 valence electrons. The fourth-order valence-electron chi connectivity index (χ4n) is 4.91. The van der Waals surface area contributed by atoms with Gasteiger partial charge in [0.25, 0.3) is 0 Å². The maximum Gasteiger partial charge on any atom is 0.242 e. The van der Waals surface area contributed by atoms with Gasteiger partial charge in [0.1, 0.15) is 5.84 Å². The molecule has 5 nitrogen and oxygen atoms in total. The standard InChI is InChI=1S/C33H22N4O.Pt/c1-35-23-36(31-16-8-7-15-30(31)35)24-11-10-12-25(21-24)38-26-18-19-28-27-13-5-6-14-29(27)37(32(28)22-26)33-17-4-2-3-9-20-34-33;/h2-20H,1H3;/q-2;/b3-2-,4-2?,9-3?,17-4-,20-9-,33-17?,34-20?,34-33+;. The van der Waals surface area contributed by atoms with E-state index in [4.69, 9.17) is 9.73 Å². The number of fused-ring (bicyclic) bond motifs is 4. The fourth-order valence-corrected chi connectivity index (χ4v) is 4.91. The van der Waals surface area contributed by atoms with Crippen LogP contribution in [0.1, 0.15) is 0 Å². The van der Waals surface area contributed by atoms with Gasteiger partial charge in [-0.05, 0) is 23.6 Å². The summed E-state index contributed by atoms with van der Waals surface area (Å²) in [6, 6.07) is 33.3. The molecule has 0 spiro atoms. The van der Waals surface area contributed by atoms with Gasteiger partial charge in [0.15, 0.2) is 0 Å². The largest absolute Gasteiger partial charge is 0.510 e. The van der Waals surface area contributed by atoms with E-state index in [9.17, 15) is 0 Å². The summed E-state index contributed by atoms with van der Waals surface area (Å²) in [4.78, 5) is 4.70. The van der Waals surface area contributed by atoms with E-state index in [-0.39, 0.29) is 21.1 Å². The Balaban J connectivity index is 0.00000277. The SMILES string of the molecule is Cn1[c-][n+](-c2[c-]c(Oc3[c-]c4c(cc3)c3ccccc3n4C3=N/C=C\C=C/C=C\3)ccc2)c2ccccc21.[Pt]. The quantitative estimate of drug-likeness (QED) is 0.152. The molecule has 4 aromatic carbocycles. The summed E-state index contributed by atoms with van der Waals surface area (Å²) in [5.74, 6) is 2.01. The number of aliphatic imine (C=N–C) groups is 1. The summed E-state index contributed by atoms with van der Waals surface area (Å²) < 4.78 is 12.4. The van der Waals surface area contributed by atoms with E-state index in [2.05, 4.69) is 59.4 Å². The van der Waals surface area contributed by atoms with E-state index in [1.54, 1.807) is 6.20 Å². The second kappa shape index (κ2) is 10.4. The first-order valence-electron chi connectivity index (χ1n) is 12.4. The molecule has 3 heterocycles. The van der Waals surface area contributed by atoms with E-state index in [1.165, 1.54) is 0 Å². The molecule has 2 aromatic heterocycles. The molecule has 0 unspecified atom stereocenters. The Bertz CT molecular complexity index is 1970. The molecule has 1 aliphatic rings. The van der Waals surface area contributed by atoms with E-state index in [0.717, 1.165) is 44.4 Å².